The number of rotatable bonds is 4. The van der Waals surface area contributed by atoms with Crippen LogP contribution in [0.5, 0.6) is 0 Å². The molecule has 0 radical (unpaired) electrons. The van der Waals surface area contributed by atoms with Crippen molar-refractivity contribution < 1.29 is 19.1 Å². The van der Waals surface area contributed by atoms with E-state index in [-0.39, 0.29) is 30.1 Å². The fraction of sp³-hybridized carbons (Fsp3) is 0.550. The van der Waals surface area contributed by atoms with Crippen molar-refractivity contribution in [2.75, 3.05) is 24.6 Å². The van der Waals surface area contributed by atoms with Crippen LogP contribution in [0.1, 0.15) is 37.3 Å². The summed E-state index contributed by atoms with van der Waals surface area (Å²) in [5.41, 5.74) is 2.80. The molecule has 140 valence electrons. The zero-order valence-electron chi connectivity index (χ0n) is 15.7. The molecule has 2 fully saturated rings. The van der Waals surface area contributed by atoms with E-state index in [1.165, 1.54) is 4.90 Å². The van der Waals surface area contributed by atoms with Gasteiger partial charge in [0.2, 0.25) is 5.91 Å². The SMILES string of the molecule is CCOC(=O)[C@@H]1CCCN([C@@H]2CC(=O)N(c3ccc(C)c(C)c3)C2=O)C1. The van der Waals surface area contributed by atoms with Crippen LogP contribution in [0.15, 0.2) is 18.2 Å². The molecule has 26 heavy (non-hydrogen) atoms. The molecule has 0 spiro atoms. The van der Waals surface area contributed by atoms with Crippen molar-refractivity contribution in [3.63, 3.8) is 0 Å². The molecule has 3 rings (SSSR count). The van der Waals surface area contributed by atoms with Crippen LogP contribution in [0, 0.1) is 19.8 Å². The molecule has 0 unspecified atom stereocenters. The number of hydrogen-bond donors (Lipinski definition) is 0. The minimum absolute atomic E-state index is 0.168. The van der Waals surface area contributed by atoms with Crippen molar-refractivity contribution in [3.8, 4) is 0 Å². The number of aryl methyl sites for hydroxylation is 2. The fourth-order valence-electron chi connectivity index (χ4n) is 3.78. The maximum Gasteiger partial charge on any atom is 0.310 e. The number of likely N-dealkylation sites (tertiary alicyclic amines) is 1. The lowest BCUT2D eigenvalue weighted by Crippen LogP contribution is -2.48. The fourth-order valence-corrected chi connectivity index (χ4v) is 3.78. The first-order valence-electron chi connectivity index (χ1n) is 9.27. The second-order valence-corrected chi connectivity index (χ2v) is 7.14. The lowest BCUT2D eigenvalue weighted by Gasteiger charge is -2.34. The molecule has 2 aliphatic rings. The highest BCUT2D eigenvalue weighted by atomic mass is 16.5. The average Bonchev–Trinajstić information content (AvgIpc) is 2.92. The van der Waals surface area contributed by atoms with E-state index in [9.17, 15) is 14.4 Å². The van der Waals surface area contributed by atoms with Gasteiger partial charge in [-0.05, 0) is 63.4 Å². The summed E-state index contributed by atoms with van der Waals surface area (Å²) < 4.78 is 5.13. The number of carbonyl (C=O) groups is 3. The molecule has 0 aromatic heterocycles. The predicted octanol–water partition coefficient (Wildman–Crippen LogP) is 2.21. The van der Waals surface area contributed by atoms with Gasteiger partial charge in [-0.25, -0.2) is 4.90 Å². The molecule has 1 aromatic carbocycles. The molecule has 2 amide bonds. The Bertz CT molecular complexity index is 731. The molecule has 2 aliphatic heterocycles. The van der Waals surface area contributed by atoms with Crippen molar-refractivity contribution in [2.24, 2.45) is 5.92 Å². The van der Waals surface area contributed by atoms with E-state index in [1.807, 2.05) is 36.9 Å². The van der Waals surface area contributed by atoms with E-state index in [4.69, 9.17) is 4.74 Å². The van der Waals surface area contributed by atoms with E-state index < -0.39 is 6.04 Å². The van der Waals surface area contributed by atoms with Crippen LogP contribution in [0.3, 0.4) is 0 Å². The molecule has 6 heteroatoms. The molecule has 1 aromatic rings. The van der Waals surface area contributed by atoms with Crippen molar-refractivity contribution >= 4 is 23.5 Å². The first kappa shape index (κ1) is 18.6. The molecular weight excluding hydrogens is 332 g/mol. The number of hydrogen-bond acceptors (Lipinski definition) is 5. The zero-order chi connectivity index (χ0) is 18.8. The van der Waals surface area contributed by atoms with Crippen LogP contribution in [-0.4, -0.2) is 48.4 Å². The zero-order valence-corrected chi connectivity index (χ0v) is 15.7. The van der Waals surface area contributed by atoms with Gasteiger partial charge in [0.15, 0.2) is 0 Å². The summed E-state index contributed by atoms with van der Waals surface area (Å²) >= 11 is 0. The number of ether oxygens (including phenoxy) is 1. The highest BCUT2D eigenvalue weighted by Crippen LogP contribution is 2.30. The van der Waals surface area contributed by atoms with Gasteiger partial charge in [-0.1, -0.05) is 6.07 Å². The van der Waals surface area contributed by atoms with Gasteiger partial charge in [0.25, 0.3) is 5.91 Å². The standard InChI is InChI=1S/C20H26N2O4/c1-4-26-20(25)15-6-5-9-21(12-15)17-11-18(23)22(19(17)24)16-8-7-13(2)14(3)10-16/h7-8,10,15,17H,4-6,9,11-12H2,1-3H3/t15-,17-/m1/s1. The van der Waals surface area contributed by atoms with Crippen molar-refractivity contribution in [1.29, 1.82) is 0 Å². The Balaban J connectivity index is 1.75. The van der Waals surface area contributed by atoms with E-state index >= 15 is 0 Å². The lowest BCUT2D eigenvalue weighted by atomic mass is 9.96. The number of piperidine rings is 1. The Morgan fingerprint density at radius 2 is 2.00 bits per heavy atom. The molecule has 0 N–H and O–H groups in total. The normalized spacial score (nSPS) is 24.2. The number of amides is 2. The maximum atomic E-state index is 13.0. The number of anilines is 1. The van der Waals surface area contributed by atoms with E-state index in [0.29, 0.717) is 18.8 Å². The summed E-state index contributed by atoms with van der Waals surface area (Å²) in [6.07, 6.45) is 1.76. The van der Waals surface area contributed by atoms with Crippen molar-refractivity contribution in [1.82, 2.24) is 4.90 Å². The molecule has 2 atom stereocenters. The minimum atomic E-state index is -0.485. The quantitative estimate of drug-likeness (QED) is 0.610. The molecule has 2 heterocycles. The molecule has 6 nitrogen and oxygen atoms in total. The van der Waals surface area contributed by atoms with Crippen LogP contribution in [0.2, 0.25) is 0 Å². The van der Waals surface area contributed by atoms with Gasteiger partial charge in [0, 0.05) is 6.54 Å². The summed E-state index contributed by atoms with van der Waals surface area (Å²) in [7, 11) is 0. The van der Waals surface area contributed by atoms with E-state index in [2.05, 4.69) is 0 Å². The van der Waals surface area contributed by atoms with Crippen LogP contribution >= 0.6 is 0 Å². The van der Waals surface area contributed by atoms with Crippen molar-refractivity contribution in [2.45, 2.75) is 46.1 Å². The Labute approximate surface area is 154 Å². The van der Waals surface area contributed by atoms with Crippen LogP contribution in [0.25, 0.3) is 0 Å². The molecule has 2 saturated heterocycles. The molecular formula is C20H26N2O4. The Morgan fingerprint density at radius 1 is 1.23 bits per heavy atom. The molecule has 0 bridgehead atoms. The van der Waals surface area contributed by atoms with Gasteiger partial charge >= 0.3 is 5.97 Å². The first-order chi connectivity index (χ1) is 12.4. The average molecular weight is 358 g/mol. The summed E-state index contributed by atoms with van der Waals surface area (Å²) in [5.74, 6) is -0.800. The topological polar surface area (TPSA) is 66.9 Å². The summed E-state index contributed by atoms with van der Waals surface area (Å²) in [5, 5.41) is 0. The predicted molar refractivity (Wildman–Crippen MR) is 97.7 cm³/mol. The van der Waals surface area contributed by atoms with Crippen LogP contribution < -0.4 is 4.90 Å². The Hall–Kier alpha value is -2.21. The summed E-state index contributed by atoms with van der Waals surface area (Å²) in [6, 6.07) is 5.14. The first-order valence-corrected chi connectivity index (χ1v) is 9.27. The number of imide groups is 1. The maximum absolute atomic E-state index is 13.0. The minimum Gasteiger partial charge on any atom is -0.466 e. The monoisotopic (exact) mass is 358 g/mol. The third-order valence-electron chi connectivity index (χ3n) is 5.39. The molecule has 0 saturated carbocycles. The van der Waals surface area contributed by atoms with Crippen molar-refractivity contribution in [3.05, 3.63) is 29.3 Å². The largest absolute Gasteiger partial charge is 0.466 e. The summed E-state index contributed by atoms with van der Waals surface area (Å²) in [6.45, 7) is 7.31. The van der Waals surface area contributed by atoms with E-state index in [0.717, 1.165) is 30.5 Å². The highest BCUT2D eigenvalue weighted by molar-refractivity contribution is 6.22. The van der Waals surface area contributed by atoms with E-state index in [1.54, 1.807) is 6.92 Å². The van der Waals surface area contributed by atoms with Gasteiger partial charge in [-0.2, -0.15) is 0 Å². The number of carbonyl (C=O) groups excluding carboxylic acids is 3. The highest BCUT2D eigenvalue weighted by Gasteiger charge is 2.44. The van der Waals surface area contributed by atoms with Gasteiger partial charge in [0.1, 0.15) is 0 Å². The van der Waals surface area contributed by atoms with Gasteiger partial charge in [-0.15, -0.1) is 0 Å². The number of benzene rings is 1. The third-order valence-corrected chi connectivity index (χ3v) is 5.39. The second kappa shape index (κ2) is 7.58. The van der Waals surface area contributed by atoms with Gasteiger partial charge in [0.05, 0.1) is 30.7 Å². The third kappa shape index (κ3) is 3.51. The Kier molecular flexibility index (Phi) is 5.41. The van der Waals surface area contributed by atoms with Gasteiger partial charge < -0.3 is 4.74 Å². The second-order valence-electron chi connectivity index (χ2n) is 7.14. The van der Waals surface area contributed by atoms with Crippen LogP contribution in [-0.2, 0) is 19.1 Å². The summed E-state index contributed by atoms with van der Waals surface area (Å²) in [4.78, 5) is 40.8. The number of esters is 1. The molecule has 0 aliphatic carbocycles. The van der Waals surface area contributed by atoms with Gasteiger partial charge in [-0.3, -0.25) is 19.3 Å². The lowest BCUT2D eigenvalue weighted by molar-refractivity contribution is -0.150. The number of nitrogens with zero attached hydrogens (tertiary/aromatic N) is 2. The Morgan fingerprint density at radius 3 is 2.69 bits per heavy atom. The van der Waals surface area contributed by atoms with Crippen LogP contribution in [0.4, 0.5) is 5.69 Å². The smallest absolute Gasteiger partial charge is 0.310 e.